The second kappa shape index (κ2) is 5.74. The highest BCUT2D eigenvalue weighted by atomic mass is 16.5. The third kappa shape index (κ3) is 3.45. The lowest BCUT2D eigenvalue weighted by Gasteiger charge is -2.13. The summed E-state index contributed by atoms with van der Waals surface area (Å²) in [5, 5.41) is 4.10. The van der Waals surface area contributed by atoms with Gasteiger partial charge in [-0.3, -0.25) is 16.0 Å². The Bertz CT molecular complexity index is 261. The van der Waals surface area contributed by atoms with E-state index in [4.69, 9.17) is 10.6 Å². The molecule has 0 aromatic carbocycles. The van der Waals surface area contributed by atoms with Crippen LogP contribution in [0.15, 0.2) is 12.4 Å². The van der Waals surface area contributed by atoms with Crippen molar-refractivity contribution in [1.82, 2.24) is 15.2 Å². The molecule has 14 heavy (non-hydrogen) atoms. The van der Waals surface area contributed by atoms with Gasteiger partial charge < -0.3 is 4.74 Å². The van der Waals surface area contributed by atoms with Gasteiger partial charge in [-0.2, -0.15) is 5.10 Å². The van der Waals surface area contributed by atoms with E-state index in [0.29, 0.717) is 6.61 Å². The average molecular weight is 198 g/mol. The Balaban J connectivity index is 2.31. The van der Waals surface area contributed by atoms with Crippen LogP contribution < -0.4 is 11.3 Å². The predicted octanol–water partition coefficient (Wildman–Crippen LogP) is -0.169. The summed E-state index contributed by atoms with van der Waals surface area (Å²) in [7, 11) is 3.59. The number of aryl methyl sites for hydroxylation is 2. The Kier molecular flexibility index (Phi) is 4.58. The van der Waals surface area contributed by atoms with E-state index in [2.05, 4.69) is 10.5 Å². The van der Waals surface area contributed by atoms with Crippen molar-refractivity contribution in [2.75, 3.05) is 13.7 Å². The highest BCUT2D eigenvalue weighted by molar-refractivity contribution is 5.03. The summed E-state index contributed by atoms with van der Waals surface area (Å²) >= 11 is 0. The Labute approximate surface area is 84.2 Å². The second-order valence-corrected chi connectivity index (χ2v) is 3.38. The first kappa shape index (κ1) is 11.2. The first-order valence-corrected chi connectivity index (χ1v) is 4.69. The number of aromatic nitrogens is 2. The van der Waals surface area contributed by atoms with E-state index in [0.717, 1.165) is 12.8 Å². The van der Waals surface area contributed by atoms with Gasteiger partial charge in [-0.15, -0.1) is 0 Å². The summed E-state index contributed by atoms with van der Waals surface area (Å²) < 4.78 is 6.83. The van der Waals surface area contributed by atoms with Crippen LogP contribution in [0.4, 0.5) is 0 Å². The second-order valence-electron chi connectivity index (χ2n) is 3.38. The number of nitrogens with one attached hydrogen (secondary N) is 1. The van der Waals surface area contributed by atoms with Crippen molar-refractivity contribution in [3.05, 3.63) is 18.0 Å². The minimum absolute atomic E-state index is 0.209. The molecule has 3 N–H and O–H groups in total. The molecular weight excluding hydrogens is 180 g/mol. The normalized spacial score (nSPS) is 13.1. The zero-order chi connectivity index (χ0) is 10.4. The van der Waals surface area contributed by atoms with Crippen LogP contribution in [0.2, 0.25) is 0 Å². The van der Waals surface area contributed by atoms with Crippen LogP contribution in [0.25, 0.3) is 0 Å². The average Bonchev–Trinajstić information content (AvgIpc) is 2.59. The number of hydrogen-bond acceptors (Lipinski definition) is 4. The van der Waals surface area contributed by atoms with Gasteiger partial charge in [0.1, 0.15) is 0 Å². The molecule has 80 valence electrons. The summed E-state index contributed by atoms with van der Waals surface area (Å²) in [5.74, 6) is 5.38. The molecule has 0 amide bonds. The van der Waals surface area contributed by atoms with Gasteiger partial charge >= 0.3 is 0 Å². The molecule has 5 nitrogen and oxygen atoms in total. The molecular formula is C9H18N4O. The molecule has 0 saturated carbocycles. The lowest BCUT2D eigenvalue weighted by atomic mass is 10.1. The molecule has 0 aliphatic heterocycles. The molecule has 0 radical (unpaired) electrons. The zero-order valence-corrected chi connectivity index (χ0v) is 8.73. The van der Waals surface area contributed by atoms with Crippen molar-refractivity contribution < 1.29 is 4.74 Å². The van der Waals surface area contributed by atoms with Crippen LogP contribution >= 0.6 is 0 Å². The molecule has 5 heteroatoms. The summed E-state index contributed by atoms with van der Waals surface area (Å²) in [5.41, 5.74) is 3.95. The maximum absolute atomic E-state index is 5.38. The minimum Gasteiger partial charge on any atom is -0.383 e. The minimum atomic E-state index is 0.209. The van der Waals surface area contributed by atoms with Crippen molar-refractivity contribution in [1.29, 1.82) is 0 Å². The third-order valence-electron chi connectivity index (χ3n) is 2.14. The van der Waals surface area contributed by atoms with Gasteiger partial charge in [0.25, 0.3) is 0 Å². The summed E-state index contributed by atoms with van der Waals surface area (Å²) in [6.07, 6.45) is 5.81. The van der Waals surface area contributed by atoms with Gasteiger partial charge in [0.15, 0.2) is 0 Å². The quantitative estimate of drug-likeness (QED) is 0.492. The van der Waals surface area contributed by atoms with Crippen molar-refractivity contribution in [3.8, 4) is 0 Å². The Morgan fingerprint density at radius 2 is 2.50 bits per heavy atom. The first-order valence-electron chi connectivity index (χ1n) is 4.69. The van der Waals surface area contributed by atoms with E-state index in [9.17, 15) is 0 Å². The Hall–Kier alpha value is -0.910. The van der Waals surface area contributed by atoms with Crippen molar-refractivity contribution in [3.63, 3.8) is 0 Å². The highest BCUT2D eigenvalue weighted by Gasteiger charge is 2.06. The number of methoxy groups -OCH3 is 1. The summed E-state index contributed by atoms with van der Waals surface area (Å²) in [6, 6.07) is 0.209. The Morgan fingerprint density at radius 1 is 1.71 bits per heavy atom. The third-order valence-corrected chi connectivity index (χ3v) is 2.14. The van der Waals surface area contributed by atoms with Crippen LogP contribution in [0.5, 0.6) is 0 Å². The van der Waals surface area contributed by atoms with E-state index < -0.39 is 0 Å². The fourth-order valence-electron chi connectivity index (χ4n) is 1.36. The maximum Gasteiger partial charge on any atom is 0.0629 e. The van der Waals surface area contributed by atoms with Gasteiger partial charge in [-0.25, -0.2) is 0 Å². The molecule has 1 rings (SSSR count). The lowest BCUT2D eigenvalue weighted by molar-refractivity contribution is 0.163. The van der Waals surface area contributed by atoms with Crippen LogP contribution in [-0.2, 0) is 18.2 Å². The van der Waals surface area contributed by atoms with E-state index in [-0.39, 0.29) is 6.04 Å². The number of hydrazine groups is 1. The van der Waals surface area contributed by atoms with E-state index in [1.54, 1.807) is 11.8 Å². The van der Waals surface area contributed by atoms with Crippen molar-refractivity contribution >= 4 is 0 Å². The summed E-state index contributed by atoms with van der Waals surface area (Å²) in [6.45, 7) is 0.636. The fourth-order valence-corrected chi connectivity index (χ4v) is 1.36. The smallest absolute Gasteiger partial charge is 0.0629 e. The molecule has 1 heterocycles. The highest BCUT2D eigenvalue weighted by Crippen LogP contribution is 2.03. The standard InChI is InChI=1S/C9H18N4O/c1-13-6-8(5-11-13)3-4-9(12-10)7-14-2/h5-6,9,12H,3-4,7,10H2,1-2H3. The number of rotatable bonds is 6. The molecule has 1 unspecified atom stereocenters. The summed E-state index contributed by atoms with van der Waals surface area (Å²) in [4.78, 5) is 0. The first-order chi connectivity index (χ1) is 6.76. The van der Waals surface area contributed by atoms with E-state index in [1.807, 2.05) is 19.4 Å². The number of nitrogens with zero attached hydrogens (tertiary/aromatic N) is 2. The largest absolute Gasteiger partial charge is 0.383 e. The molecule has 0 saturated heterocycles. The van der Waals surface area contributed by atoms with Crippen molar-refractivity contribution in [2.45, 2.75) is 18.9 Å². The molecule has 0 spiro atoms. The van der Waals surface area contributed by atoms with Crippen LogP contribution in [0, 0.1) is 0 Å². The number of hydrogen-bond donors (Lipinski definition) is 2. The molecule has 1 aromatic rings. The molecule has 0 bridgehead atoms. The van der Waals surface area contributed by atoms with Crippen LogP contribution in [-0.4, -0.2) is 29.5 Å². The van der Waals surface area contributed by atoms with Crippen molar-refractivity contribution in [2.24, 2.45) is 12.9 Å². The number of nitrogens with two attached hydrogens (primary N) is 1. The Morgan fingerprint density at radius 3 is 3.00 bits per heavy atom. The molecule has 1 aromatic heterocycles. The molecule has 1 atom stereocenters. The van der Waals surface area contributed by atoms with Crippen LogP contribution in [0.1, 0.15) is 12.0 Å². The van der Waals surface area contributed by atoms with Gasteiger partial charge in [0.2, 0.25) is 0 Å². The maximum atomic E-state index is 5.38. The molecule has 0 fully saturated rings. The molecule has 0 aliphatic rings. The molecule has 0 aliphatic carbocycles. The topological polar surface area (TPSA) is 65.1 Å². The monoisotopic (exact) mass is 198 g/mol. The predicted molar refractivity (Wildman–Crippen MR) is 54.5 cm³/mol. The lowest BCUT2D eigenvalue weighted by Crippen LogP contribution is -2.38. The van der Waals surface area contributed by atoms with Gasteiger partial charge in [-0.1, -0.05) is 0 Å². The fraction of sp³-hybridized carbons (Fsp3) is 0.667. The van der Waals surface area contributed by atoms with Gasteiger partial charge in [0.05, 0.1) is 12.8 Å². The van der Waals surface area contributed by atoms with Gasteiger partial charge in [-0.05, 0) is 18.4 Å². The number of ether oxygens (including phenoxy) is 1. The van der Waals surface area contributed by atoms with E-state index in [1.165, 1.54) is 5.56 Å². The van der Waals surface area contributed by atoms with E-state index >= 15 is 0 Å². The van der Waals surface area contributed by atoms with Crippen LogP contribution in [0.3, 0.4) is 0 Å². The zero-order valence-electron chi connectivity index (χ0n) is 8.73. The SMILES string of the molecule is COCC(CCc1cnn(C)c1)NN. The van der Waals surface area contributed by atoms with Gasteiger partial charge in [0, 0.05) is 26.4 Å².